The van der Waals surface area contributed by atoms with Gasteiger partial charge in [-0.2, -0.15) is 0 Å². The lowest BCUT2D eigenvalue weighted by Gasteiger charge is -2.30. The topological polar surface area (TPSA) is 79.7 Å². The Morgan fingerprint density at radius 2 is 2.08 bits per heavy atom. The van der Waals surface area contributed by atoms with Gasteiger partial charge in [0.15, 0.2) is 0 Å². The van der Waals surface area contributed by atoms with Gasteiger partial charge in [0.05, 0.1) is 5.69 Å². The first-order valence-electron chi connectivity index (χ1n) is 8.21. The lowest BCUT2D eigenvalue weighted by molar-refractivity contribution is -0.147. The summed E-state index contributed by atoms with van der Waals surface area (Å²) in [6, 6.07) is 5.64. The minimum Gasteiger partial charge on any atom is -0.486 e. The Morgan fingerprint density at radius 3 is 2.73 bits per heavy atom. The minimum absolute atomic E-state index is 0.153. The van der Waals surface area contributed by atoms with E-state index in [1.54, 1.807) is 13.8 Å². The predicted octanol–water partition coefficient (Wildman–Crippen LogP) is 3.25. The third-order valence-electron chi connectivity index (χ3n) is 4.56. The molecule has 3 rings (SSSR count). The van der Waals surface area contributed by atoms with Gasteiger partial charge in [-0.05, 0) is 51.0 Å². The van der Waals surface area contributed by atoms with E-state index in [0.717, 1.165) is 0 Å². The highest BCUT2D eigenvalue weighted by atomic mass is 32.1. The van der Waals surface area contributed by atoms with Gasteiger partial charge in [0.2, 0.25) is 0 Å². The number of likely N-dealkylation sites (tertiary alicyclic amines) is 1. The van der Waals surface area contributed by atoms with E-state index >= 15 is 0 Å². The molecule has 2 heterocycles. The second-order valence-corrected chi connectivity index (χ2v) is 7.49. The maximum absolute atomic E-state index is 12.9. The van der Waals surface area contributed by atoms with Crippen LogP contribution < -0.4 is 4.74 Å². The van der Waals surface area contributed by atoms with Crippen LogP contribution in [0, 0.1) is 12.7 Å². The normalized spacial score (nSPS) is 19.6. The first-order chi connectivity index (χ1) is 12.3. The lowest BCUT2D eigenvalue weighted by Crippen LogP contribution is -2.50. The Labute approximate surface area is 154 Å². The van der Waals surface area contributed by atoms with Crippen molar-refractivity contribution in [2.45, 2.75) is 38.8 Å². The molecular weight excluding hydrogens is 359 g/mol. The van der Waals surface area contributed by atoms with Crippen LogP contribution in [0.4, 0.5) is 4.39 Å². The molecule has 1 fully saturated rings. The summed E-state index contributed by atoms with van der Waals surface area (Å²) >= 11 is 1.19. The standard InChI is InChI=1S/C18H19FN2O4S/c1-11-15(16(22)21-9-3-8-18(21,2)17(23)24)26-14(20-11)10-25-13-6-4-12(19)5-7-13/h4-7H,3,8-10H2,1-2H3,(H,23,24). The molecule has 1 N–H and O–H groups in total. The Balaban J connectivity index is 1.74. The molecule has 0 spiro atoms. The molecule has 1 amide bonds. The van der Waals surface area contributed by atoms with E-state index in [1.165, 1.54) is 40.5 Å². The van der Waals surface area contributed by atoms with E-state index in [2.05, 4.69) is 4.98 Å². The molecule has 1 aliphatic heterocycles. The molecule has 1 atom stereocenters. The molecule has 6 nitrogen and oxygen atoms in total. The summed E-state index contributed by atoms with van der Waals surface area (Å²) in [5.41, 5.74) is -0.629. The van der Waals surface area contributed by atoms with Crippen LogP contribution in [0.2, 0.25) is 0 Å². The van der Waals surface area contributed by atoms with Crippen molar-refractivity contribution in [3.63, 3.8) is 0 Å². The van der Waals surface area contributed by atoms with Crippen LogP contribution in [0.1, 0.15) is 40.1 Å². The molecule has 0 bridgehead atoms. The van der Waals surface area contributed by atoms with Crippen molar-refractivity contribution in [3.05, 3.63) is 45.7 Å². The number of hydrogen-bond acceptors (Lipinski definition) is 5. The van der Waals surface area contributed by atoms with Gasteiger partial charge in [-0.15, -0.1) is 11.3 Å². The zero-order valence-corrected chi connectivity index (χ0v) is 15.3. The molecule has 1 unspecified atom stereocenters. The number of thiazole rings is 1. The summed E-state index contributed by atoms with van der Waals surface area (Å²) in [5, 5.41) is 10.1. The number of carbonyl (C=O) groups is 2. The molecule has 0 radical (unpaired) electrons. The summed E-state index contributed by atoms with van der Waals surface area (Å²) < 4.78 is 18.5. The van der Waals surface area contributed by atoms with Gasteiger partial charge < -0.3 is 14.7 Å². The number of ether oxygens (including phenoxy) is 1. The number of hydrogen-bond donors (Lipinski definition) is 1. The molecule has 138 valence electrons. The monoisotopic (exact) mass is 378 g/mol. The van der Waals surface area contributed by atoms with Gasteiger partial charge >= 0.3 is 5.97 Å². The Morgan fingerprint density at radius 1 is 1.38 bits per heavy atom. The zero-order valence-electron chi connectivity index (χ0n) is 14.5. The van der Waals surface area contributed by atoms with Gasteiger partial charge in [-0.25, -0.2) is 14.2 Å². The third kappa shape index (κ3) is 3.41. The first-order valence-corrected chi connectivity index (χ1v) is 9.03. The van der Waals surface area contributed by atoms with E-state index in [4.69, 9.17) is 4.74 Å². The number of carboxylic acids is 1. The Bertz CT molecular complexity index is 836. The highest BCUT2D eigenvalue weighted by Gasteiger charge is 2.46. The van der Waals surface area contributed by atoms with Gasteiger partial charge in [0, 0.05) is 6.54 Å². The fourth-order valence-corrected chi connectivity index (χ4v) is 3.95. The second kappa shape index (κ2) is 7.03. The number of carbonyl (C=O) groups excluding carboxylic acids is 1. The first kappa shape index (κ1) is 18.3. The maximum Gasteiger partial charge on any atom is 0.329 e. The number of nitrogens with zero attached hydrogens (tertiary/aromatic N) is 2. The summed E-state index contributed by atoms with van der Waals surface area (Å²) in [6.07, 6.45) is 1.10. The number of aryl methyl sites for hydroxylation is 1. The van der Waals surface area contributed by atoms with E-state index in [-0.39, 0.29) is 18.3 Å². The largest absolute Gasteiger partial charge is 0.486 e. The van der Waals surface area contributed by atoms with Crippen molar-refractivity contribution in [2.75, 3.05) is 6.54 Å². The van der Waals surface area contributed by atoms with Crippen LogP contribution >= 0.6 is 11.3 Å². The average Bonchev–Trinajstić information content (AvgIpc) is 3.17. The Kier molecular flexibility index (Phi) is 4.95. The summed E-state index contributed by atoms with van der Waals surface area (Å²) in [6.45, 7) is 3.87. The predicted molar refractivity (Wildman–Crippen MR) is 93.9 cm³/mol. The zero-order chi connectivity index (χ0) is 18.9. The molecule has 1 aromatic carbocycles. The molecule has 26 heavy (non-hydrogen) atoms. The molecule has 2 aromatic rings. The van der Waals surface area contributed by atoms with Crippen LogP contribution in [-0.4, -0.2) is 39.0 Å². The summed E-state index contributed by atoms with van der Waals surface area (Å²) in [7, 11) is 0. The van der Waals surface area contributed by atoms with Crippen LogP contribution in [0.5, 0.6) is 5.75 Å². The van der Waals surface area contributed by atoms with Crippen molar-refractivity contribution >= 4 is 23.2 Å². The maximum atomic E-state index is 12.9. The van der Waals surface area contributed by atoms with Crippen LogP contribution in [0.15, 0.2) is 24.3 Å². The number of aromatic nitrogens is 1. The highest BCUT2D eigenvalue weighted by Crippen LogP contribution is 2.33. The number of rotatable bonds is 5. The SMILES string of the molecule is Cc1nc(COc2ccc(F)cc2)sc1C(=O)N1CCCC1(C)C(=O)O. The Hall–Kier alpha value is -2.48. The fourth-order valence-electron chi connectivity index (χ4n) is 3.02. The van der Waals surface area contributed by atoms with E-state index in [9.17, 15) is 19.1 Å². The van der Waals surface area contributed by atoms with Crippen molar-refractivity contribution < 1.29 is 23.8 Å². The molecular formula is C18H19FN2O4S. The molecule has 1 aromatic heterocycles. The van der Waals surface area contributed by atoms with Gasteiger partial charge in [0.25, 0.3) is 5.91 Å². The van der Waals surface area contributed by atoms with Crippen LogP contribution in [-0.2, 0) is 11.4 Å². The van der Waals surface area contributed by atoms with Crippen molar-refractivity contribution in [1.82, 2.24) is 9.88 Å². The summed E-state index contributed by atoms with van der Waals surface area (Å²) in [4.78, 5) is 30.7. The number of amides is 1. The molecule has 0 saturated carbocycles. The van der Waals surface area contributed by atoms with E-state index < -0.39 is 11.5 Å². The minimum atomic E-state index is -1.18. The van der Waals surface area contributed by atoms with Crippen molar-refractivity contribution in [3.8, 4) is 5.75 Å². The van der Waals surface area contributed by atoms with Gasteiger partial charge in [-0.1, -0.05) is 0 Å². The van der Waals surface area contributed by atoms with Crippen LogP contribution in [0.3, 0.4) is 0 Å². The molecule has 1 saturated heterocycles. The van der Waals surface area contributed by atoms with Crippen molar-refractivity contribution in [2.24, 2.45) is 0 Å². The number of carboxylic acid groups (broad SMARTS) is 1. The van der Waals surface area contributed by atoms with Gasteiger partial charge in [0.1, 0.15) is 33.6 Å². The lowest BCUT2D eigenvalue weighted by atomic mass is 9.99. The average molecular weight is 378 g/mol. The second-order valence-electron chi connectivity index (χ2n) is 6.40. The molecule has 1 aliphatic rings. The number of benzene rings is 1. The van der Waals surface area contributed by atoms with E-state index in [0.29, 0.717) is 40.7 Å². The number of halogens is 1. The van der Waals surface area contributed by atoms with Crippen molar-refractivity contribution in [1.29, 1.82) is 0 Å². The quantitative estimate of drug-likeness (QED) is 0.864. The van der Waals surface area contributed by atoms with E-state index in [1.807, 2.05) is 0 Å². The molecule has 0 aliphatic carbocycles. The van der Waals surface area contributed by atoms with Crippen LogP contribution in [0.25, 0.3) is 0 Å². The number of aliphatic carboxylic acids is 1. The summed E-state index contributed by atoms with van der Waals surface area (Å²) in [5.74, 6) is -1.15. The fraction of sp³-hybridized carbons (Fsp3) is 0.389. The smallest absolute Gasteiger partial charge is 0.329 e. The highest BCUT2D eigenvalue weighted by molar-refractivity contribution is 7.13. The third-order valence-corrected chi connectivity index (χ3v) is 5.68. The molecule has 8 heteroatoms. The van der Waals surface area contributed by atoms with Gasteiger partial charge in [-0.3, -0.25) is 4.79 Å².